The summed E-state index contributed by atoms with van der Waals surface area (Å²) in [6.07, 6.45) is 0.594. The average molecular weight is 277 g/mol. The van der Waals surface area contributed by atoms with E-state index < -0.39 is 0 Å². The third-order valence-corrected chi connectivity index (χ3v) is 3.44. The molecule has 2 aliphatic heterocycles. The maximum Gasteiger partial charge on any atom is 0.320 e. The topological polar surface area (TPSA) is 81.2 Å². The van der Waals surface area contributed by atoms with Crippen LogP contribution < -0.4 is 24.8 Å². The smallest absolute Gasteiger partial charge is 0.320 e. The van der Waals surface area contributed by atoms with Crippen molar-refractivity contribution in [3.05, 3.63) is 11.6 Å². The molecule has 1 aromatic rings. The minimum absolute atomic E-state index is 0.151. The van der Waals surface area contributed by atoms with Gasteiger partial charge in [-0.25, -0.2) is 9.79 Å². The Hall–Kier alpha value is -2.44. The molecule has 1 fully saturated rings. The number of nitrogens with one attached hydrogen (secondary N) is 2. The maximum atomic E-state index is 11.4. The quantitative estimate of drug-likeness (QED) is 0.863. The summed E-state index contributed by atoms with van der Waals surface area (Å²) in [5, 5.41) is 5.49. The minimum atomic E-state index is -0.237. The molecule has 3 rings (SSSR count). The Kier molecular flexibility index (Phi) is 2.89. The maximum absolute atomic E-state index is 11.4. The van der Waals surface area contributed by atoms with Crippen LogP contribution in [0, 0.1) is 0 Å². The number of amidine groups is 1. The zero-order valence-electron chi connectivity index (χ0n) is 11.4. The minimum Gasteiger partial charge on any atom is -0.493 e. The molecule has 2 N–H and O–H groups in total. The molecule has 0 aromatic heterocycles. The lowest BCUT2D eigenvalue weighted by molar-refractivity contribution is 0.248. The SMILES string of the molecule is COc1cc2c(c(OC)c1OC)CC1NC(=O)NC1=N2. The number of rotatable bonds is 3. The molecule has 0 radical (unpaired) electrons. The van der Waals surface area contributed by atoms with Crippen LogP contribution in [-0.2, 0) is 6.42 Å². The molecule has 1 saturated heterocycles. The molecule has 2 aliphatic rings. The third kappa shape index (κ3) is 1.74. The highest BCUT2D eigenvalue weighted by atomic mass is 16.5. The molecule has 7 nitrogen and oxygen atoms in total. The number of ether oxygens (including phenoxy) is 3. The number of urea groups is 1. The molecule has 1 unspecified atom stereocenters. The van der Waals surface area contributed by atoms with Gasteiger partial charge in [0, 0.05) is 18.1 Å². The fourth-order valence-corrected chi connectivity index (χ4v) is 2.55. The third-order valence-electron chi connectivity index (χ3n) is 3.44. The monoisotopic (exact) mass is 277 g/mol. The molecule has 1 atom stereocenters. The van der Waals surface area contributed by atoms with Crippen molar-refractivity contribution in [3.8, 4) is 17.2 Å². The second-order valence-corrected chi connectivity index (χ2v) is 4.50. The van der Waals surface area contributed by atoms with Crippen LogP contribution in [-0.4, -0.2) is 39.2 Å². The van der Waals surface area contributed by atoms with Crippen LogP contribution in [0.5, 0.6) is 17.2 Å². The van der Waals surface area contributed by atoms with E-state index in [0.29, 0.717) is 29.5 Å². The number of methoxy groups -OCH3 is 3. The molecule has 0 saturated carbocycles. The van der Waals surface area contributed by atoms with Crippen LogP contribution in [0.15, 0.2) is 11.1 Å². The second-order valence-electron chi connectivity index (χ2n) is 4.50. The van der Waals surface area contributed by atoms with Crippen LogP contribution in [0.3, 0.4) is 0 Å². The number of amides is 2. The van der Waals surface area contributed by atoms with Crippen molar-refractivity contribution in [1.29, 1.82) is 0 Å². The number of hydrogen-bond acceptors (Lipinski definition) is 5. The lowest BCUT2D eigenvalue weighted by Gasteiger charge is -2.23. The van der Waals surface area contributed by atoms with E-state index in [0.717, 1.165) is 11.3 Å². The van der Waals surface area contributed by atoms with Gasteiger partial charge >= 0.3 is 6.03 Å². The Bertz CT molecular complexity index is 612. The Morgan fingerprint density at radius 3 is 2.60 bits per heavy atom. The van der Waals surface area contributed by atoms with Crippen LogP contribution >= 0.6 is 0 Å². The number of hydrogen-bond donors (Lipinski definition) is 2. The van der Waals surface area contributed by atoms with Gasteiger partial charge in [-0.05, 0) is 0 Å². The molecule has 7 heteroatoms. The van der Waals surface area contributed by atoms with E-state index in [1.165, 1.54) is 0 Å². The first-order chi connectivity index (χ1) is 9.67. The Morgan fingerprint density at radius 1 is 1.20 bits per heavy atom. The van der Waals surface area contributed by atoms with Crippen LogP contribution in [0.4, 0.5) is 10.5 Å². The van der Waals surface area contributed by atoms with Crippen molar-refractivity contribution in [2.45, 2.75) is 12.5 Å². The van der Waals surface area contributed by atoms with Gasteiger partial charge in [0.05, 0.1) is 33.1 Å². The van der Waals surface area contributed by atoms with Crippen LogP contribution in [0.2, 0.25) is 0 Å². The summed E-state index contributed by atoms with van der Waals surface area (Å²) in [5.74, 6) is 2.29. The summed E-state index contributed by atoms with van der Waals surface area (Å²) in [6.45, 7) is 0. The lowest BCUT2D eigenvalue weighted by Crippen LogP contribution is -2.33. The first-order valence-electron chi connectivity index (χ1n) is 6.15. The van der Waals surface area contributed by atoms with Crippen molar-refractivity contribution in [1.82, 2.24) is 10.6 Å². The number of fused-ring (bicyclic) bond motifs is 2. The molecule has 20 heavy (non-hydrogen) atoms. The average Bonchev–Trinajstić information content (AvgIpc) is 2.81. The van der Waals surface area contributed by atoms with Gasteiger partial charge in [0.2, 0.25) is 5.75 Å². The standard InChI is InChI=1S/C13H15N3O4/c1-18-9-5-7-6(10(19-2)11(9)20-3)4-8-12(14-7)16-13(17)15-8/h5,8H,4H2,1-3H3,(H2,14,15,16,17). The fourth-order valence-electron chi connectivity index (χ4n) is 2.55. The number of aliphatic imine (C=N–C) groups is 1. The van der Waals surface area contributed by atoms with Gasteiger partial charge in [-0.3, -0.25) is 5.32 Å². The van der Waals surface area contributed by atoms with E-state index in [4.69, 9.17) is 14.2 Å². The van der Waals surface area contributed by atoms with Crippen LogP contribution in [0.1, 0.15) is 5.56 Å². The normalized spacial score (nSPS) is 19.2. The summed E-state index contributed by atoms with van der Waals surface area (Å²) in [4.78, 5) is 15.8. The van der Waals surface area contributed by atoms with Crippen molar-refractivity contribution < 1.29 is 19.0 Å². The highest BCUT2D eigenvalue weighted by molar-refractivity contribution is 6.09. The second kappa shape index (κ2) is 4.59. The molecular weight excluding hydrogens is 262 g/mol. The number of benzene rings is 1. The summed E-state index contributed by atoms with van der Waals surface area (Å²) >= 11 is 0. The number of nitrogens with zero attached hydrogens (tertiary/aromatic N) is 1. The van der Waals surface area contributed by atoms with E-state index in [9.17, 15) is 4.79 Å². The molecule has 2 amide bonds. The summed E-state index contributed by atoms with van der Waals surface area (Å²) in [7, 11) is 4.69. The molecule has 0 bridgehead atoms. The van der Waals surface area contributed by atoms with Crippen molar-refractivity contribution >= 4 is 17.6 Å². The number of carbonyl (C=O) groups is 1. The van der Waals surface area contributed by atoms with Crippen LogP contribution in [0.25, 0.3) is 0 Å². The van der Waals surface area contributed by atoms with Gasteiger partial charge in [0.15, 0.2) is 11.5 Å². The fraction of sp³-hybridized carbons (Fsp3) is 0.385. The van der Waals surface area contributed by atoms with Gasteiger partial charge in [0.1, 0.15) is 5.84 Å². The van der Waals surface area contributed by atoms with Gasteiger partial charge in [-0.1, -0.05) is 0 Å². The largest absolute Gasteiger partial charge is 0.493 e. The summed E-state index contributed by atoms with van der Waals surface area (Å²) < 4.78 is 16.1. The molecule has 1 aromatic carbocycles. The lowest BCUT2D eigenvalue weighted by atomic mass is 9.98. The Balaban J connectivity index is 2.16. The van der Waals surface area contributed by atoms with Crippen molar-refractivity contribution in [2.75, 3.05) is 21.3 Å². The Labute approximate surface area is 115 Å². The molecule has 106 valence electrons. The van der Waals surface area contributed by atoms with Gasteiger partial charge < -0.3 is 19.5 Å². The molecule has 0 spiro atoms. The highest BCUT2D eigenvalue weighted by Crippen LogP contribution is 2.46. The predicted molar refractivity (Wildman–Crippen MR) is 72.4 cm³/mol. The van der Waals surface area contributed by atoms with E-state index in [1.807, 2.05) is 0 Å². The van der Waals surface area contributed by atoms with Crippen molar-refractivity contribution in [3.63, 3.8) is 0 Å². The van der Waals surface area contributed by atoms with Gasteiger partial charge in [-0.2, -0.15) is 0 Å². The summed E-state index contributed by atoms with van der Waals surface area (Å²) in [6, 6.07) is 1.39. The van der Waals surface area contributed by atoms with Gasteiger partial charge in [-0.15, -0.1) is 0 Å². The van der Waals surface area contributed by atoms with Gasteiger partial charge in [0.25, 0.3) is 0 Å². The van der Waals surface area contributed by atoms with E-state index in [-0.39, 0.29) is 12.1 Å². The first kappa shape index (κ1) is 12.6. The zero-order chi connectivity index (χ0) is 14.3. The molecule has 2 heterocycles. The highest BCUT2D eigenvalue weighted by Gasteiger charge is 2.34. The van der Waals surface area contributed by atoms with E-state index >= 15 is 0 Å². The Morgan fingerprint density at radius 2 is 1.95 bits per heavy atom. The summed E-state index contributed by atoms with van der Waals surface area (Å²) in [5.41, 5.74) is 1.61. The predicted octanol–water partition coefficient (Wildman–Crippen LogP) is 0.980. The first-order valence-corrected chi connectivity index (χ1v) is 6.15. The van der Waals surface area contributed by atoms with Crippen molar-refractivity contribution in [2.24, 2.45) is 4.99 Å². The molecule has 0 aliphatic carbocycles. The zero-order valence-corrected chi connectivity index (χ0v) is 11.4. The number of carbonyl (C=O) groups excluding carboxylic acids is 1. The van der Waals surface area contributed by atoms with E-state index in [1.54, 1.807) is 27.4 Å². The molecular formula is C13H15N3O4. The van der Waals surface area contributed by atoms with E-state index in [2.05, 4.69) is 15.6 Å².